The number of nitrogens with one attached hydrogen (secondary N) is 1. The van der Waals surface area contributed by atoms with E-state index in [0.717, 1.165) is 29.6 Å². The second kappa shape index (κ2) is 7.99. The summed E-state index contributed by atoms with van der Waals surface area (Å²) < 4.78 is 2.72. The van der Waals surface area contributed by atoms with E-state index in [-0.39, 0.29) is 23.1 Å². The summed E-state index contributed by atoms with van der Waals surface area (Å²) in [5, 5.41) is 8.72. The molecule has 0 bridgehead atoms. The number of amides is 1. The second-order valence-electron chi connectivity index (χ2n) is 8.59. The summed E-state index contributed by atoms with van der Waals surface area (Å²) in [5.74, 6) is -0.174. The molecule has 0 spiro atoms. The average molecular weight is 447 g/mol. The highest BCUT2D eigenvalue weighted by Gasteiger charge is 2.35. The maximum atomic E-state index is 13.5. The average Bonchev–Trinajstić information content (AvgIpc) is 3.46. The fourth-order valence-electron chi connectivity index (χ4n) is 4.85. The molecule has 33 heavy (non-hydrogen) atoms. The van der Waals surface area contributed by atoms with E-state index in [0.29, 0.717) is 29.6 Å². The summed E-state index contributed by atoms with van der Waals surface area (Å²) in [4.78, 5) is 45.6. The van der Waals surface area contributed by atoms with Gasteiger partial charge in [-0.1, -0.05) is 25.1 Å². The zero-order valence-electron chi connectivity index (χ0n) is 18.9. The number of carbonyl (C=O) groups is 1. The zero-order chi connectivity index (χ0) is 23.3. The van der Waals surface area contributed by atoms with Crippen LogP contribution in [-0.4, -0.2) is 41.7 Å². The lowest BCUT2D eigenvalue weighted by molar-refractivity contribution is -0.135. The van der Waals surface area contributed by atoms with E-state index in [1.54, 1.807) is 30.2 Å². The van der Waals surface area contributed by atoms with Gasteiger partial charge in [0.15, 0.2) is 5.65 Å². The molecule has 0 aliphatic carbocycles. The Balaban J connectivity index is 1.49. The molecule has 0 radical (unpaired) electrons. The highest BCUT2D eigenvalue weighted by molar-refractivity contribution is 5.83. The van der Waals surface area contributed by atoms with Crippen LogP contribution in [0.2, 0.25) is 0 Å². The third kappa shape index (κ3) is 3.35. The molecule has 9 heteroatoms. The highest BCUT2D eigenvalue weighted by atomic mass is 16.2. The number of carbonyl (C=O) groups excluding carboxylic acids is 1. The number of hydrogen-bond acceptors (Lipinski definition) is 5. The van der Waals surface area contributed by atoms with E-state index in [9.17, 15) is 14.4 Å². The van der Waals surface area contributed by atoms with Crippen LogP contribution in [-0.2, 0) is 11.2 Å². The Morgan fingerprint density at radius 3 is 2.82 bits per heavy atom. The van der Waals surface area contributed by atoms with E-state index in [1.807, 2.05) is 32.0 Å². The first kappa shape index (κ1) is 21.1. The van der Waals surface area contributed by atoms with E-state index in [2.05, 4.69) is 15.2 Å². The number of aromatic nitrogens is 5. The summed E-state index contributed by atoms with van der Waals surface area (Å²) in [6, 6.07) is 8.10. The SMILES string of the molecule is CCc1c(C)nc2cc(C3CCCN3C(=O)C(C)n3ncc4ccccc4c3=O)[nH]n2c1=O. The second-order valence-corrected chi connectivity index (χ2v) is 8.59. The Morgan fingerprint density at radius 2 is 2.03 bits per heavy atom. The maximum absolute atomic E-state index is 13.5. The van der Waals surface area contributed by atoms with Crippen molar-refractivity contribution in [3.63, 3.8) is 0 Å². The van der Waals surface area contributed by atoms with Gasteiger partial charge in [-0.25, -0.2) is 14.2 Å². The van der Waals surface area contributed by atoms with Gasteiger partial charge >= 0.3 is 0 Å². The molecule has 0 saturated carbocycles. The molecule has 4 aromatic rings. The first-order valence-electron chi connectivity index (χ1n) is 11.3. The molecule has 2 atom stereocenters. The number of rotatable bonds is 4. The van der Waals surface area contributed by atoms with Crippen molar-refractivity contribution in [1.82, 2.24) is 29.3 Å². The van der Waals surface area contributed by atoms with Crippen LogP contribution >= 0.6 is 0 Å². The molecular formula is C24H26N6O3. The van der Waals surface area contributed by atoms with Crippen LogP contribution < -0.4 is 11.1 Å². The molecule has 3 aromatic heterocycles. The minimum absolute atomic E-state index is 0.109. The van der Waals surface area contributed by atoms with Gasteiger partial charge in [0, 0.05) is 29.3 Å². The fourth-order valence-corrected chi connectivity index (χ4v) is 4.85. The quantitative estimate of drug-likeness (QED) is 0.519. The minimum Gasteiger partial charge on any atom is -0.332 e. The standard InChI is InChI=1S/C24H26N6O3/c1-4-17-14(2)26-21-12-19(27-30(21)23(17)32)20-10-7-11-28(20)22(31)15(3)29-24(33)18-9-6-5-8-16(18)13-25-29/h5-6,8-9,12-13,15,20,27H,4,7,10-11H2,1-3H3. The predicted octanol–water partition coefficient (Wildman–Crippen LogP) is 2.53. The Bertz CT molecular complexity index is 1500. The molecule has 9 nitrogen and oxygen atoms in total. The van der Waals surface area contributed by atoms with E-state index >= 15 is 0 Å². The summed E-state index contributed by atoms with van der Waals surface area (Å²) in [6.45, 7) is 6.06. The number of fused-ring (bicyclic) bond motifs is 2. The van der Waals surface area contributed by atoms with Crippen molar-refractivity contribution in [3.8, 4) is 0 Å². The number of likely N-dealkylation sites (tertiary alicyclic amines) is 1. The molecule has 1 fully saturated rings. The van der Waals surface area contributed by atoms with E-state index in [4.69, 9.17) is 0 Å². The van der Waals surface area contributed by atoms with Crippen LogP contribution in [0.5, 0.6) is 0 Å². The van der Waals surface area contributed by atoms with E-state index < -0.39 is 6.04 Å². The summed E-state index contributed by atoms with van der Waals surface area (Å²) in [6.07, 6.45) is 3.82. The molecule has 4 heterocycles. The van der Waals surface area contributed by atoms with Crippen molar-refractivity contribution in [2.75, 3.05) is 6.54 Å². The Morgan fingerprint density at radius 1 is 1.24 bits per heavy atom. The lowest BCUT2D eigenvalue weighted by Crippen LogP contribution is -2.40. The van der Waals surface area contributed by atoms with Gasteiger partial charge in [0.2, 0.25) is 5.91 Å². The zero-order valence-corrected chi connectivity index (χ0v) is 18.9. The van der Waals surface area contributed by atoms with Crippen molar-refractivity contribution < 1.29 is 4.79 Å². The molecule has 1 amide bonds. The van der Waals surface area contributed by atoms with Gasteiger partial charge in [0.05, 0.1) is 23.3 Å². The first-order valence-corrected chi connectivity index (χ1v) is 11.3. The lowest BCUT2D eigenvalue weighted by Gasteiger charge is -2.27. The van der Waals surface area contributed by atoms with Crippen LogP contribution in [0.1, 0.15) is 55.7 Å². The highest BCUT2D eigenvalue weighted by Crippen LogP contribution is 2.33. The number of benzene rings is 1. The van der Waals surface area contributed by atoms with Crippen molar-refractivity contribution in [1.29, 1.82) is 0 Å². The predicted molar refractivity (Wildman–Crippen MR) is 124 cm³/mol. The first-order chi connectivity index (χ1) is 15.9. The lowest BCUT2D eigenvalue weighted by atomic mass is 10.1. The van der Waals surface area contributed by atoms with Gasteiger partial charge in [0.25, 0.3) is 11.1 Å². The van der Waals surface area contributed by atoms with Crippen molar-refractivity contribution in [3.05, 3.63) is 74.2 Å². The van der Waals surface area contributed by atoms with Crippen LogP contribution in [0.3, 0.4) is 0 Å². The maximum Gasteiger partial charge on any atom is 0.276 e. The number of aromatic amines is 1. The third-order valence-electron chi connectivity index (χ3n) is 6.63. The van der Waals surface area contributed by atoms with Crippen LogP contribution in [0.15, 0.2) is 46.1 Å². The third-order valence-corrected chi connectivity index (χ3v) is 6.63. The molecule has 1 saturated heterocycles. The number of aryl methyl sites for hydroxylation is 1. The minimum atomic E-state index is -0.748. The van der Waals surface area contributed by atoms with Gasteiger partial charge in [-0.2, -0.15) is 5.10 Å². The van der Waals surface area contributed by atoms with Gasteiger partial charge in [-0.3, -0.25) is 19.5 Å². The van der Waals surface area contributed by atoms with Gasteiger partial charge in [0.1, 0.15) is 6.04 Å². The summed E-state index contributed by atoms with van der Waals surface area (Å²) in [7, 11) is 0. The molecule has 5 rings (SSSR count). The monoisotopic (exact) mass is 446 g/mol. The summed E-state index contributed by atoms with van der Waals surface area (Å²) in [5.41, 5.74) is 2.32. The normalized spacial score (nSPS) is 17.2. The van der Waals surface area contributed by atoms with E-state index in [1.165, 1.54) is 9.20 Å². The molecule has 2 unspecified atom stereocenters. The molecule has 1 aromatic carbocycles. The Labute approximate surface area is 189 Å². The molecular weight excluding hydrogens is 420 g/mol. The number of H-pyrrole nitrogens is 1. The summed E-state index contributed by atoms with van der Waals surface area (Å²) >= 11 is 0. The van der Waals surface area contributed by atoms with Crippen molar-refractivity contribution in [2.45, 2.75) is 52.1 Å². The van der Waals surface area contributed by atoms with Crippen LogP contribution in [0.25, 0.3) is 16.4 Å². The molecule has 170 valence electrons. The van der Waals surface area contributed by atoms with Crippen LogP contribution in [0.4, 0.5) is 0 Å². The Hall–Kier alpha value is -3.75. The largest absolute Gasteiger partial charge is 0.332 e. The molecule has 1 aliphatic rings. The number of hydrogen-bond donors (Lipinski definition) is 1. The number of nitrogens with zero attached hydrogens (tertiary/aromatic N) is 5. The molecule has 1 aliphatic heterocycles. The molecule has 1 N–H and O–H groups in total. The fraction of sp³-hybridized carbons (Fsp3) is 0.375. The van der Waals surface area contributed by atoms with Gasteiger partial charge in [-0.15, -0.1) is 0 Å². The van der Waals surface area contributed by atoms with Gasteiger partial charge < -0.3 is 4.90 Å². The smallest absolute Gasteiger partial charge is 0.276 e. The van der Waals surface area contributed by atoms with Crippen LogP contribution in [0, 0.1) is 6.92 Å². The topological polar surface area (TPSA) is 105 Å². The van der Waals surface area contributed by atoms with Crippen molar-refractivity contribution >= 4 is 22.3 Å². The van der Waals surface area contributed by atoms with Gasteiger partial charge in [-0.05, 0) is 39.2 Å². The van der Waals surface area contributed by atoms with Crippen molar-refractivity contribution in [2.24, 2.45) is 0 Å². The Kier molecular flexibility index (Phi) is 5.11.